The second-order valence-corrected chi connectivity index (χ2v) is 5.78. The second-order valence-electron chi connectivity index (χ2n) is 4.84. The Morgan fingerprint density at radius 2 is 2.17 bits per heavy atom. The third-order valence-corrected chi connectivity index (χ3v) is 4.17. The summed E-state index contributed by atoms with van der Waals surface area (Å²) in [6, 6.07) is 4.94. The molecule has 0 aliphatic carbocycles. The molecule has 1 aromatic heterocycles. The lowest BCUT2D eigenvalue weighted by atomic mass is 10.1. The largest absolute Gasteiger partial charge is 0.468 e. The molecule has 0 aliphatic heterocycles. The van der Waals surface area contributed by atoms with Gasteiger partial charge in [-0.3, -0.25) is 4.79 Å². The van der Waals surface area contributed by atoms with Crippen LogP contribution in [0.1, 0.15) is 16.8 Å². The number of esters is 1. The minimum atomic E-state index is -4.42. The first-order valence-corrected chi connectivity index (χ1v) is 7.84. The van der Waals surface area contributed by atoms with E-state index in [2.05, 4.69) is 9.72 Å². The van der Waals surface area contributed by atoms with Gasteiger partial charge >= 0.3 is 12.1 Å². The molecule has 2 rings (SSSR count). The Kier molecular flexibility index (Phi) is 5.89. The average Bonchev–Trinajstić information content (AvgIpc) is 2.94. The molecule has 1 heterocycles. The minimum Gasteiger partial charge on any atom is -0.468 e. The predicted molar refractivity (Wildman–Crippen MR) is 81.4 cm³/mol. The van der Waals surface area contributed by atoms with Crippen molar-refractivity contribution < 1.29 is 27.8 Å². The van der Waals surface area contributed by atoms with Crippen molar-refractivity contribution in [2.45, 2.75) is 24.5 Å². The number of alkyl halides is 3. The van der Waals surface area contributed by atoms with Crippen LogP contribution in [0, 0.1) is 0 Å². The lowest BCUT2D eigenvalue weighted by Crippen LogP contribution is -2.10. The first-order valence-electron chi connectivity index (χ1n) is 6.86. The van der Waals surface area contributed by atoms with Crippen molar-refractivity contribution in [1.29, 1.82) is 0 Å². The van der Waals surface area contributed by atoms with E-state index in [1.54, 1.807) is 10.6 Å². The average molecular weight is 360 g/mol. The van der Waals surface area contributed by atoms with Gasteiger partial charge in [-0.1, -0.05) is 23.9 Å². The monoisotopic (exact) mass is 360 g/mol. The molecule has 0 amide bonds. The fourth-order valence-electron chi connectivity index (χ4n) is 2.01. The molecule has 0 radical (unpaired) electrons. The molecule has 0 bridgehead atoms. The highest BCUT2D eigenvalue weighted by molar-refractivity contribution is 7.99. The Balaban J connectivity index is 2.25. The summed E-state index contributed by atoms with van der Waals surface area (Å²) in [7, 11) is 1.26. The fraction of sp³-hybridized carbons (Fsp3) is 0.333. The minimum absolute atomic E-state index is 0.0149. The molecule has 5 nitrogen and oxygen atoms in total. The van der Waals surface area contributed by atoms with Crippen LogP contribution in [0.3, 0.4) is 0 Å². The predicted octanol–water partition coefficient (Wildman–Crippen LogP) is 2.71. The lowest BCUT2D eigenvalue weighted by molar-refractivity contribution is -0.138. The maximum Gasteiger partial charge on any atom is 0.416 e. The molecule has 0 spiro atoms. The SMILES string of the molecule is COC(=O)CSc1ncc(CO)n1Cc1cccc(C(F)(F)F)c1. The first kappa shape index (κ1) is 18.3. The number of halogens is 3. The third kappa shape index (κ3) is 4.51. The maximum atomic E-state index is 12.8. The van der Waals surface area contributed by atoms with E-state index in [-0.39, 0.29) is 18.9 Å². The van der Waals surface area contributed by atoms with Crippen LogP contribution in [-0.2, 0) is 28.9 Å². The molecule has 0 aliphatic rings. The summed E-state index contributed by atoms with van der Waals surface area (Å²) in [6.07, 6.45) is -3.00. The number of thioether (sulfide) groups is 1. The van der Waals surface area contributed by atoms with Crippen molar-refractivity contribution in [1.82, 2.24) is 9.55 Å². The van der Waals surface area contributed by atoms with E-state index in [9.17, 15) is 23.1 Å². The van der Waals surface area contributed by atoms with E-state index in [0.717, 1.165) is 23.9 Å². The number of aromatic nitrogens is 2. The Morgan fingerprint density at radius 3 is 2.79 bits per heavy atom. The first-order chi connectivity index (χ1) is 11.3. The quantitative estimate of drug-likeness (QED) is 0.634. The van der Waals surface area contributed by atoms with Crippen LogP contribution in [-0.4, -0.2) is 33.5 Å². The highest BCUT2D eigenvalue weighted by Gasteiger charge is 2.30. The number of methoxy groups -OCH3 is 1. The van der Waals surface area contributed by atoms with Crippen LogP contribution in [0.25, 0.3) is 0 Å². The summed E-state index contributed by atoms with van der Waals surface area (Å²) < 4.78 is 44.5. The van der Waals surface area contributed by atoms with Gasteiger partial charge in [0.15, 0.2) is 5.16 Å². The molecule has 130 valence electrons. The molecular formula is C15H15F3N2O3S. The van der Waals surface area contributed by atoms with Gasteiger partial charge in [0, 0.05) is 6.54 Å². The zero-order chi connectivity index (χ0) is 17.7. The van der Waals surface area contributed by atoms with Crippen LogP contribution in [0.2, 0.25) is 0 Å². The smallest absolute Gasteiger partial charge is 0.416 e. The van der Waals surface area contributed by atoms with Crippen LogP contribution in [0.4, 0.5) is 13.2 Å². The zero-order valence-corrected chi connectivity index (χ0v) is 13.5. The molecule has 0 saturated heterocycles. The summed E-state index contributed by atoms with van der Waals surface area (Å²) in [4.78, 5) is 15.3. The van der Waals surface area contributed by atoms with E-state index < -0.39 is 17.7 Å². The van der Waals surface area contributed by atoms with E-state index in [1.165, 1.54) is 19.4 Å². The summed E-state index contributed by atoms with van der Waals surface area (Å²) in [5.41, 5.74) is 0.117. The molecule has 1 N–H and O–H groups in total. The summed E-state index contributed by atoms with van der Waals surface area (Å²) in [5, 5.41) is 9.79. The van der Waals surface area contributed by atoms with Crippen LogP contribution in [0.5, 0.6) is 0 Å². The van der Waals surface area contributed by atoms with Crippen molar-refractivity contribution in [2.24, 2.45) is 0 Å². The van der Waals surface area contributed by atoms with Crippen molar-refractivity contribution in [3.05, 3.63) is 47.3 Å². The molecule has 0 saturated carbocycles. The van der Waals surface area contributed by atoms with Gasteiger partial charge in [-0.05, 0) is 17.7 Å². The summed E-state index contributed by atoms with van der Waals surface area (Å²) in [6.45, 7) is -0.214. The summed E-state index contributed by atoms with van der Waals surface area (Å²) in [5.74, 6) is -0.430. The number of carbonyl (C=O) groups excluding carboxylic acids is 1. The third-order valence-electron chi connectivity index (χ3n) is 3.21. The standard InChI is InChI=1S/C15H15F3N2O3S/c1-23-13(22)9-24-14-19-6-12(8-21)20(14)7-10-3-2-4-11(5-10)15(16,17)18/h2-6,21H,7-9H2,1H3. The van der Waals surface area contributed by atoms with E-state index in [0.29, 0.717) is 16.4 Å². The normalized spacial score (nSPS) is 11.5. The van der Waals surface area contributed by atoms with E-state index in [1.807, 2.05) is 0 Å². The number of aliphatic hydroxyl groups is 1. The van der Waals surface area contributed by atoms with Gasteiger partial charge in [0.05, 0.1) is 36.9 Å². The number of hydrogen-bond donors (Lipinski definition) is 1. The maximum absolute atomic E-state index is 12.8. The number of carbonyl (C=O) groups is 1. The number of benzene rings is 1. The number of hydrogen-bond acceptors (Lipinski definition) is 5. The number of imidazole rings is 1. The highest BCUT2D eigenvalue weighted by atomic mass is 32.2. The Labute approximate surface area is 140 Å². The van der Waals surface area contributed by atoms with Gasteiger partial charge in [-0.25, -0.2) is 4.98 Å². The van der Waals surface area contributed by atoms with Crippen molar-refractivity contribution in [3.8, 4) is 0 Å². The van der Waals surface area contributed by atoms with Crippen LogP contribution in [0.15, 0.2) is 35.6 Å². The molecule has 24 heavy (non-hydrogen) atoms. The van der Waals surface area contributed by atoms with Crippen LogP contribution >= 0.6 is 11.8 Å². The van der Waals surface area contributed by atoms with Gasteiger partial charge in [-0.2, -0.15) is 13.2 Å². The molecule has 0 atom stereocenters. The molecule has 2 aromatic rings. The number of rotatable bonds is 6. The van der Waals surface area contributed by atoms with Crippen molar-refractivity contribution >= 4 is 17.7 Å². The molecule has 0 fully saturated rings. The number of nitrogens with zero attached hydrogens (tertiary/aromatic N) is 2. The van der Waals surface area contributed by atoms with Crippen molar-refractivity contribution in [3.63, 3.8) is 0 Å². The van der Waals surface area contributed by atoms with Crippen LogP contribution < -0.4 is 0 Å². The van der Waals surface area contributed by atoms with Gasteiger partial charge in [0.2, 0.25) is 0 Å². The van der Waals surface area contributed by atoms with E-state index >= 15 is 0 Å². The van der Waals surface area contributed by atoms with E-state index in [4.69, 9.17) is 0 Å². The van der Waals surface area contributed by atoms with Gasteiger partial charge in [0.25, 0.3) is 0 Å². The molecule has 9 heteroatoms. The Bertz CT molecular complexity index is 716. The fourth-order valence-corrected chi connectivity index (χ4v) is 2.84. The van der Waals surface area contributed by atoms with Gasteiger partial charge in [-0.15, -0.1) is 0 Å². The summed E-state index contributed by atoms with van der Waals surface area (Å²) >= 11 is 1.09. The second kappa shape index (κ2) is 7.71. The highest BCUT2D eigenvalue weighted by Crippen LogP contribution is 2.30. The number of ether oxygens (including phenoxy) is 1. The van der Waals surface area contributed by atoms with Gasteiger partial charge in [0.1, 0.15) is 0 Å². The molecule has 1 aromatic carbocycles. The Hall–Kier alpha value is -2.00. The Morgan fingerprint density at radius 1 is 1.42 bits per heavy atom. The molecular weight excluding hydrogens is 345 g/mol. The van der Waals surface area contributed by atoms with Crippen molar-refractivity contribution in [2.75, 3.05) is 12.9 Å². The number of aliphatic hydroxyl groups excluding tert-OH is 1. The van der Waals surface area contributed by atoms with Gasteiger partial charge < -0.3 is 14.4 Å². The molecule has 0 unspecified atom stereocenters. The lowest BCUT2D eigenvalue weighted by Gasteiger charge is -2.12. The topological polar surface area (TPSA) is 64.3 Å². The zero-order valence-electron chi connectivity index (χ0n) is 12.7.